The number of hydrogen-bond acceptors (Lipinski definition) is 8. The van der Waals surface area contributed by atoms with Crippen LogP contribution >= 0.6 is 12.4 Å². The molecule has 4 rings (SSSR count). The van der Waals surface area contributed by atoms with Gasteiger partial charge >= 0.3 is 0 Å². The highest BCUT2D eigenvalue weighted by molar-refractivity contribution is 6.24. The van der Waals surface area contributed by atoms with Crippen LogP contribution < -0.4 is 20.7 Å². The largest absolute Gasteiger partial charge is 0.483 e. The molecule has 34 heavy (non-hydrogen) atoms. The van der Waals surface area contributed by atoms with Gasteiger partial charge in [-0.2, -0.15) is 0 Å². The third-order valence-corrected chi connectivity index (χ3v) is 5.85. The molecule has 1 aromatic rings. The van der Waals surface area contributed by atoms with Crippen molar-refractivity contribution >= 4 is 41.9 Å². The van der Waals surface area contributed by atoms with Gasteiger partial charge in [-0.05, 0) is 44.5 Å². The summed E-state index contributed by atoms with van der Waals surface area (Å²) in [6.45, 7) is 2.23. The summed E-state index contributed by atoms with van der Waals surface area (Å²) < 4.78 is 11.3. The minimum atomic E-state index is -1.06. The molecule has 0 aromatic heterocycles. The Morgan fingerprint density at radius 3 is 2.59 bits per heavy atom. The molecule has 12 heteroatoms. The highest BCUT2D eigenvalue weighted by atomic mass is 35.5. The number of carbonyl (C=O) groups is 5. The number of halogens is 1. The first kappa shape index (κ1) is 25.6. The van der Waals surface area contributed by atoms with Gasteiger partial charge in [0.25, 0.3) is 17.7 Å². The van der Waals surface area contributed by atoms with Crippen LogP contribution in [0.25, 0.3) is 0 Å². The Morgan fingerprint density at radius 1 is 1.09 bits per heavy atom. The predicted octanol–water partition coefficient (Wildman–Crippen LogP) is -0.227. The topological polar surface area (TPSA) is 143 Å². The first-order chi connectivity index (χ1) is 16.0. The Hall–Kier alpha value is -3.02. The predicted molar refractivity (Wildman–Crippen MR) is 121 cm³/mol. The molecule has 0 spiro atoms. The fourth-order valence-electron chi connectivity index (χ4n) is 4.18. The third kappa shape index (κ3) is 5.54. The number of ether oxygens (including phenoxy) is 2. The SMILES string of the molecule is Cl.O=C(COc1cccc2c1C(=O)N(C1CCC(=O)NC1=O)C2=O)NCCOC1CCNCC1. The Balaban J connectivity index is 0.00000324. The summed E-state index contributed by atoms with van der Waals surface area (Å²) in [4.78, 5) is 62.4. The number of piperidine rings is 2. The summed E-state index contributed by atoms with van der Waals surface area (Å²) in [5, 5.41) is 8.11. The van der Waals surface area contributed by atoms with E-state index in [2.05, 4.69) is 16.0 Å². The van der Waals surface area contributed by atoms with E-state index in [-0.39, 0.29) is 60.7 Å². The second-order valence-corrected chi connectivity index (χ2v) is 8.08. The number of amides is 5. The number of fused-ring (bicyclic) bond motifs is 1. The van der Waals surface area contributed by atoms with Gasteiger partial charge in [0, 0.05) is 13.0 Å². The Kier molecular flexibility index (Phi) is 8.59. The molecular weight excluding hydrogens is 468 g/mol. The van der Waals surface area contributed by atoms with E-state index >= 15 is 0 Å². The van der Waals surface area contributed by atoms with Crippen molar-refractivity contribution in [3.8, 4) is 5.75 Å². The molecule has 1 atom stereocenters. The van der Waals surface area contributed by atoms with E-state index in [1.807, 2.05) is 0 Å². The summed E-state index contributed by atoms with van der Waals surface area (Å²) in [7, 11) is 0. The van der Waals surface area contributed by atoms with Crippen molar-refractivity contribution in [3.05, 3.63) is 29.3 Å². The first-order valence-electron chi connectivity index (χ1n) is 11.0. The van der Waals surface area contributed by atoms with Crippen LogP contribution in [0.3, 0.4) is 0 Å². The number of nitrogens with zero attached hydrogens (tertiary/aromatic N) is 1. The van der Waals surface area contributed by atoms with Crippen molar-refractivity contribution in [1.82, 2.24) is 20.9 Å². The van der Waals surface area contributed by atoms with E-state index in [1.54, 1.807) is 0 Å². The number of hydrogen-bond donors (Lipinski definition) is 3. The van der Waals surface area contributed by atoms with Gasteiger partial charge in [0.2, 0.25) is 11.8 Å². The van der Waals surface area contributed by atoms with Crippen molar-refractivity contribution in [2.24, 2.45) is 0 Å². The van der Waals surface area contributed by atoms with Gasteiger partial charge in [0.15, 0.2) is 6.61 Å². The summed E-state index contributed by atoms with van der Waals surface area (Å²) in [6, 6.07) is 3.43. The Labute approximate surface area is 202 Å². The maximum absolute atomic E-state index is 13.0. The molecule has 1 aromatic carbocycles. The second kappa shape index (κ2) is 11.4. The molecule has 184 valence electrons. The van der Waals surface area contributed by atoms with E-state index in [9.17, 15) is 24.0 Å². The molecule has 2 saturated heterocycles. The minimum Gasteiger partial charge on any atom is -0.483 e. The zero-order valence-corrected chi connectivity index (χ0v) is 19.3. The summed E-state index contributed by atoms with van der Waals surface area (Å²) in [5.41, 5.74) is 0.104. The fourth-order valence-corrected chi connectivity index (χ4v) is 4.18. The van der Waals surface area contributed by atoms with Crippen LogP contribution in [0.2, 0.25) is 0 Å². The van der Waals surface area contributed by atoms with Crippen LogP contribution in [0.1, 0.15) is 46.4 Å². The lowest BCUT2D eigenvalue weighted by atomic mass is 10.0. The van der Waals surface area contributed by atoms with Gasteiger partial charge in [0.05, 0.1) is 23.8 Å². The molecule has 3 aliphatic rings. The second-order valence-electron chi connectivity index (χ2n) is 8.08. The molecule has 5 amide bonds. The van der Waals surface area contributed by atoms with Crippen molar-refractivity contribution in [2.75, 3.05) is 32.8 Å². The van der Waals surface area contributed by atoms with E-state index in [0.717, 1.165) is 30.8 Å². The average molecular weight is 495 g/mol. The van der Waals surface area contributed by atoms with E-state index in [1.165, 1.54) is 18.2 Å². The molecule has 3 heterocycles. The highest BCUT2D eigenvalue weighted by Crippen LogP contribution is 2.33. The van der Waals surface area contributed by atoms with E-state index in [0.29, 0.717) is 13.2 Å². The molecule has 0 aliphatic carbocycles. The standard InChI is InChI=1S/C22H26N4O7.ClH/c27-17-5-4-15(20(29)25-17)26-21(30)14-2-1-3-16(19(14)22(26)31)33-12-18(28)24-10-11-32-13-6-8-23-9-7-13;/h1-3,13,15,23H,4-12H2,(H,24,28)(H,25,27,29);1H. The average Bonchev–Trinajstić information content (AvgIpc) is 3.07. The van der Waals surface area contributed by atoms with Crippen LogP contribution in [0.5, 0.6) is 5.75 Å². The minimum absolute atomic E-state index is 0. The first-order valence-corrected chi connectivity index (χ1v) is 11.0. The molecule has 2 fully saturated rings. The van der Waals surface area contributed by atoms with Crippen LogP contribution in [-0.2, 0) is 19.1 Å². The van der Waals surface area contributed by atoms with E-state index < -0.39 is 29.7 Å². The van der Waals surface area contributed by atoms with E-state index in [4.69, 9.17) is 9.47 Å². The molecule has 3 N–H and O–H groups in total. The summed E-state index contributed by atoms with van der Waals surface area (Å²) in [5.74, 6) is -2.74. The summed E-state index contributed by atoms with van der Waals surface area (Å²) in [6.07, 6.45) is 2.18. The molecule has 11 nitrogen and oxygen atoms in total. The zero-order valence-electron chi connectivity index (χ0n) is 18.5. The third-order valence-electron chi connectivity index (χ3n) is 5.85. The van der Waals surface area contributed by atoms with Crippen molar-refractivity contribution < 1.29 is 33.4 Å². The van der Waals surface area contributed by atoms with Gasteiger partial charge in [-0.3, -0.25) is 34.2 Å². The quantitative estimate of drug-likeness (QED) is 0.332. The lowest BCUT2D eigenvalue weighted by Gasteiger charge is -2.27. The molecule has 0 saturated carbocycles. The number of nitrogens with one attached hydrogen (secondary N) is 3. The maximum Gasteiger partial charge on any atom is 0.266 e. The molecule has 0 bridgehead atoms. The molecule has 0 radical (unpaired) electrons. The summed E-state index contributed by atoms with van der Waals surface area (Å²) >= 11 is 0. The molecular formula is C22H27ClN4O7. The van der Waals surface area contributed by atoms with Crippen LogP contribution in [0.15, 0.2) is 18.2 Å². The Bertz CT molecular complexity index is 980. The molecule has 3 aliphatic heterocycles. The molecule has 1 unspecified atom stereocenters. The lowest BCUT2D eigenvalue weighted by Crippen LogP contribution is -2.54. The van der Waals surface area contributed by atoms with Crippen LogP contribution in [-0.4, -0.2) is 79.4 Å². The Morgan fingerprint density at radius 2 is 1.85 bits per heavy atom. The maximum atomic E-state index is 13.0. The number of carbonyl (C=O) groups excluding carboxylic acids is 5. The van der Waals surface area contributed by atoms with Gasteiger partial charge in [0.1, 0.15) is 11.8 Å². The van der Waals surface area contributed by atoms with Gasteiger partial charge in [-0.25, -0.2) is 0 Å². The highest BCUT2D eigenvalue weighted by Gasteiger charge is 2.46. The van der Waals surface area contributed by atoms with Gasteiger partial charge < -0.3 is 20.1 Å². The van der Waals surface area contributed by atoms with Crippen molar-refractivity contribution in [2.45, 2.75) is 37.8 Å². The van der Waals surface area contributed by atoms with Crippen LogP contribution in [0.4, 0.5) is 0 Å². The number of imide groups is 2. The number of rotatable bonds is 8. The lowest BCUT2D eigenvalue weighted by molar-refractivity contribution is -0.136. The monoisotopic (exact) mass is 494 g/mol. The fraction of sp³-hybridized carbons (Fsp3) is 0.500. The number of benzene rings is 1. The normalized spacial score (nSPS) is 20.5. The van der Waals surface area contributed by atoms with Crippen LogP contribution in [0, 0.1) is 0 Å². The van der Waals surface area contributed by atoms with Crippen molar-refractivity contribution in [1.29, 1.82) is 0 Å². The van der Waals surface area contributed by atoms with Gasteiger partial charge in [-0.1, -0.05) is 6.07 Å². The van der Waals surface area contributed by atoms with Crippen molar-refractivity contribution in [3.63, 3.8) is 0 Å². The smallest absolute Gasteiger partial charge is 0.266 e. The zero-order chi connectivity index (χ0) is 23.4. The van der Waals surface area contributed by atoms with Gasteiger partial charge in [-0.15, -0.1) is 12.4 Å².